The molecule has 0 radical (unpaired) electrons. The highest BCUT2D eigenvalue weighted by Crippen LogP contribution is 2.36. The number of sulfonamides is 1. The first-order chi connectivity index (χ1) is 13.9. The third-order valence-corrected chi connectivity index (χ3v) is 5.66. The van der Waals surface area contributed by atoms with Crippen LogP contribution in [0, 0.1) is 0 Å². The summed E-state index contributed by atoms with van der Waals surface area (Å²) >= 11 is 0. The van der Waals surface area contributed by atoms with Gasteiger partial charge in [-0.2, -0.15) is 0 Å². The average molecular weight is 420 g/mol. The zero-order chi connectivity index (χ0) is 20.4. The van der Waals surface area contributed by atoms with E-state index in [1.807, 2.05) is 0 Å². The average Bonchev–Trinajstić information content (AvgIpc) is 3.32. The van der Waals surface area contributed by atoms with Gasteiger partial charge in [0.25, 0.3) is 0 Å². The number of carbonyl (C=O) groups is 1. The smallest absolute Gasteiger partial charge is 0.232 e. The van der Waals surface area contributed by atoms with Crippen LogP contribution in [-0.2, 0) is 14.8 Å². The van der Waals surface area contributed by atoms with Crippen LogP contribution >= 0.6 is 0 Å². The van der Waals surface area contributed by atoms with Crippen molar-refractivity contribution in [3.8, 4) is 23.0 Å². The standard InChI is InChI=1S/C19H20N2O7S/c1-29(23,24)21(14-5-7-16-18(10-14)28-12-26-16)8-2-3-19(22)20-13-4-6-15-17(9-13)27-11-25-15/h4-7,9-10H,2-3,8,11-12H2,1H3,(H,20,22). The zero-order valence-corrected chi connectivity index (χ0v) is 16.5. The molecule has 0 bridgehead atoms. The molecule has 1 amide bonds. The van der Waals surface area contributed by atoms with Crippen molar-refractivity contribution in [1.82, 2.24) is 0 Å². The summed E-state index contributed by atoms with van der Waals surface area (Å²) in [6.45, 7) is 0.429. The van der Waals surface area contributed by atoms with Gasteiger partial charge in [-0.15, -0.1) is 0 Å². The van der Waals surface area contributed by atoms with E-state index < -0.39 is 10.0 Å². The van der Waals surface area contributed by atoms with Crippen LogP contribution < -0.4 is 28.6 Å². The predicted octanol–water partition coefficient (Wildman–Crippen LogP) is 2.33. The summed E-state index contributed by atoms with van der Waals surface area (Å²) in [5.74, 6) is 2.06. The molecule has 29 heavy (non-hydrogen) atoms. The van der Waals surface area contributed by atoms with Gasteiger partial charge < -0.3 is 24.3 Å². The van der Waals surface area contributed by atoms with E-state index in [0.29, 0.717) is 40.8 Å². The van der Waals surface area contributed by atoms with Crippen LogP contribution in [0.4, 0.5) is 11.4 Å². The second kappa shape index (κ2) is 7.70. The second-order valence-corrected chi connectivity index (χ2v) is 8.50. The Labute approximate surface area is 168 Å². The van der Waals surface area contributed by atoms with Crippen molar-refractivity contribution in [2.75, 3.05) is 36.0 Å². The fourth-order valence-electron chi connectivity index (χ4n) is 3.11. The number of fused-ring (bicyclic) bond motifs is 2. The molecule has 0 aromatic heterocycles. The van der Waals surface area contributed by atoms with Gasteiger partial charge in [-0.05, 0) is 30.7 Å². The van der Waals surface area contributed by atoms with E-state index in [1.54, 1.807) is 36.4 Å². The van der Waals surface area contributed by atoms with Gasteiger partial charge in [0, 0.05) is 30.8 Å². The number of nitrogens with one attached hydrogen (secondary N) is 1. The Kier molecular flexibility index (Phi) is 5.10. The Morgan fingerprint density at radius 3 is 2.28 bits per heavy atom. The molecule has 2 heterocycles. The van der Waals surface area contributed by atoms with Crippen LogP contribution in [0.2, 0.25) is 0 Å². The molecule has 4 rings (SSSR count). The first kappa shape index (κ1) is 19.2. The monoisotopic (exact) mass is 420 g/mol. The Balaban J connectivity index is 1.36. The van der Waals surface area contributed by atoms with Gasteiger partial charge >= 0.3 is 0 Å². The lowest BCUT2D eigenvalue weighted by Crippen LogP contribution is -2.31. The third kappa shape index (κ3) is 4.32. The molecule has 2 aromatic carbocycles. The summed E-state index contributed by atoms with van der Waals surface area (Å²) in [5.41, 5.74) is 1.06. The van der Waals surface area contributed by atoms with Gasteiger partial charge in [-0.1, -0.05) is 0 Å². The lowest BCUT2D eigenvalue weighted by Gasteiger charge is -2.22. The number of carbonyl (C=O) groups excluding carboxylic acids is 1. The molecule has 9 nitrogen and oxygen atoms in total. The molecule has 1 N–H and O–H groups in total. The number of hydrogen-bond acceptors (Lipinski definition) is 7. The SMILES string of the molecule is CS(=O)(=O)N(CCCC(=O)Nc1ccc2c(c1)OCO2)c1ccc2c(c1)OCO2. The van der Waals surface area contributed by atoms with E-state index in [-0.39, 0.29) is 32.5 Å². The first-order valence-corrected chi connectivity index (χ1v) is 10.8. The lowest BCUT2D eigenvalue weighted by molar-refractivity contribution is -0.116. The molecule has 0 spiro atoms. The van der Waals surface area contributed by atoms with Crippen molar-refractivity contribution in [1.29, 1.82) is 0 Å². The summed E-state index contributed by atoms with van der Waals surface area (Å²) < 4.78 is 46.8. The topological polar surface area (TPSA) is 103 Å². The van der Waals surface area contributed by atoms with Gasteiger partial charge in [0.05, 0.1) is 11.9 Å². The summed E-state index contributed by atoms with van der Waals surface area (Å²) in [4.78, 5) is 12.2. The molecule has 154 valence electrons. The number of nitrogens with zero attached hydrogens (tertiary/aromatic N) is 1. The molecule has 0 fully saturated rings. The van der Waals surface area contributed by atoms with Gasteiger partial charge in [0.2, 0.25) is 29.5 Å². The normalized spacial score (nSPS) is 14.0. The molecule has 2 aromatic rings. The molecule has 2 aliphatic rings. The molecule has 10 heteroatoms. The zero-order valence-electron chi connectivity index (χ0n) is 15.7. The molecule has 0 unspecified atom stereocenters. The molecule has 0 saturated carbocycles. The van der Waals surface area contributed by atoms with Crippen LogP contribution in [0.5, 0.6) is 23.0 Å². The molecule has 0 saturated heterocycles. The fraction of sp³-hybridized carbons (Fsp3) is 0.316. The van der Waals surface area contributed by atoms with E-state index in [2.05, 4.69) is 5.32 Å². The van der Waals surface area contributed by atoms with Crippen LogP contribution in [0.25, 0.3) is 0 Å². The van der Waals surface area contributed by atoms with Crippen molar-refractivity contribution in [3.05, 3.63) is 36.4 Å². The van der Waals surface area contributed by atoms with Crippen LogP contribution in [0.3, 0.4) is 0 Å². The maximum atomic E-state index is 12.2. The number of amides is 1. The Morgan fingerprint density at radius 2 is 1.59 bits per heavy atom. The summed E-state index contributed by atoms with van der Waals surface area (Å²) in [7, 11) is -3.52. The third-order valence-electron chi connectivity index (χ3n) is 4.47. The Morgan fingerprint density at radius 1 is 0.966 bits per heavy atom. The van der Waals surface area contributed by atoms with E-state index in [0.717, 1.165) is 6.26 Å². The van der Waals surface area contributed by atoms with Crippen LogP contribution in [0.1, 0.15) is 12.8 Å². The van der Waals surface area contributed by atoms with Crippen molar-refractivity contribution < 1.29 is 32.2 Å². The molecule has 0 aliphatic carbocycles. The highest BCUT2D eigenvalue weighted by atomic mass is 32.2. The van der Waals surface area contributed by atoms with Gasteiger partial charge in [0.15, 0.2) is 23.0 Å². The fourth-order valence-corrected chi connectivity index (χ4v) is 4.07. The minimum absolute atomic E-state index is 0.109. The minimum atomic E-state index is -3.52. The van der Waals surface area contributed by atoms with Crippen LogP contribution in [-0.4, -0.2) is 40.7 Å². The number of benzene rings is 2. The van der Waals surface area contributed by atoms with Crippen LogP contribution in [0.15, 0.2) is 36.4 Å². The quantitative estimate of drug-likeness (QED) is 0.733. The van der Waals surface area contributed by atoms with E-state index in [9.17, 15) is 13.2 Å². The van der Waals surface area contributed by atoms with Crippen molar-refractivity contribution >= 4 is 27.3 Å². The number of ether oxygens (including phenoxy) is 4. The largest absolute Gasteiger partial charge is 0.454 e. The van der Waals surface area contributed by atoms with Crippen molar-refractivity contribution in [3.63, 3.8) is 0 Å². The minimum Gasteiger partial charge on any atom is -0.454 e. The Bertz CT molecular complexity index is 1040. The highest BCUT2D eigenvalue weighted by Gasteiger charge is 2.21. The van der Waals surface area contributed by atoms with Gasteiger partial charge in [0.1, 0.15) is 0 Å². The highest BCUT2D eigenvalue weighted by molar-refractivity contribution is 7.92. The maximum absolute atomic E-state index is 12.2. The Hall–Kier alpha value is -3.14. The predicted molar refractivity (Wildman–Crippen MR) is 105 cm³/mol. The summed E-state index contributed by atoms with van der Waals surface area (Å²) in [5, 5.41) is 2.78. The first-order valence-electron chi connectivity index (χ1n) is 8.97. The number of rotatable bonds is 7. The maximum Gasteiger partial charge on any atom is 0.232 e. The molecule has 0 atom stereocenters. The molecule has 2 aliphatic heterocycles. The molecular formula is C19H20N2O7S. The van der Waals surface area contributed by atoms with E-state index >= 15 is 0 Å². The summed E-state index contributed by atoms with van der Waals surface area (Å²) in [6.07, 6.45) is 1.63. The number of hydrogen-bond donors (Lipinski definition) is 1. The van der Waals surface area contributed by atoms with Crippen molar-refractivity contribution in [2.24, 2.45) is 0 Å². The van der Waals surface area contributed by atoms with E-state index in [1.165, 1.54) is 4.31 Å². The summed E-state index contributed by atoms with van der Waals surface area (Å²) in [6, 6.07) is 10.1. The number of anilines is 2. The lowest BCUT2D eigenvalue weighted by atomic mass is 10.2. The van der Waals surface area contributed by atoms with Crippen molar-refractivity contribution in [2.45, 2.75) is 12.8 Å². The van der Waals surface area contributed by atoms with Gasteiger partial charge in [-0.3, -0.25) is 9.10 Å². The van der Waals surface area contributed by atoms with Gasteiger partial charge in [-0.25, -0.2) is 8.42 Å². The van der Waals surface area contributed by atoms with E-state index in [4.69, 9.17) is 18.9 Å². The molecular weight excluding hydrogens is 400 g/mol. The second-order valence-electron chi connectivity index (χ2n) is 6.59.